The fourth-order valence-corrected chi connectivity index (χ4v) is 1.98. The topological polar surface area (TPSA) is 81.1 Å². The number of nitrogens with zero attached hydrogens (tertiary/aromatic N) is 2. The SMILES string of the molecule is Cn1nc(CC(N)(C(=O)O)C(F)(F)F)c2ccccc21. The molecule has 0 fully saturated rings. The van der Waals surface area contributed by atoms with E-state index in [1.165, 1.54) is 4.68 Å². The molecule has 0 saturated carbocycles. The molecule has 1 heterocycles. The smallest absolute Gasteiger partial charge is 0.417 e. The highest BCUT2D eigenvalue weighted by atomic mass is 19.4. The van der Waals surface area contributed by atoms with Gasteiger partial charge in [-0.2, -0.15) is 18.3 Å². The van der Waals surface area contributed by atoms with E-state index in [9.17, 15) is 18.0 Å². The quantitative estimate of drug-likeness (QED) is 0.895. The average Bonchev–Trinajstić information content (AvgIpc) is 2.65. The van der Waals surface area contributed by atoms with Gasteiger partial charge in [0.2, 0.25) is 5.54 Å². The second kappa shape index (κ2) is 4.48. The number of alkyl halides is 3. The highest BCUT2D eigenvalue weighted by Crippen LogP contribution is 2.33. The molecule has 8 heteroatoms. The molecule has 2 aromatic rings. The molecule has 3 N–H and O–H groups in total. The molecule has 0 aliphatic carbocycles. The Hall–Kier alpha value is -2.09. The second-order valence-corrected chi connectivity index (χ2v) is 4.54. The third kappa shape index (κ3) is 2.11. The van der Waals surface area contributed by atoms with Gasteiger partial charge in [-0.25, -0.2) is 4.79 Å². The maximum atomic E-state index is 12.9. The van der Waals surface area contributed by atoms with Crippen LogP contribution in [-0.4, -0.2) is 32.6 Å². The van der Waals surface area contributed by atoms with E-state index in [-0.39, 0.29) is 5.69 Å². The molecule has 20 heavy (non-hydrogen) atoms. The summed E-state index contributed by atoms with van der Waals surface area (Å²) in [6.07, 6.45) is -6.00. The summed E-state index contributed by atoms with van der Waals surface area (Å²) >= 11 is 0. The predicted molar refractivity (Wildman–Crippen MR) is 65.0 cm³/mol. The molecule has 1 atom stereocenters. The summed E-state index contributed by atoms with van der Waals surface area (Å²) < 4.78 is 40.1. The monoisotopic (exact) mass is 287 g/mol. The van der Waals surface area contributed by atoms with E-state index in [1.807, 2.05) is 0 Å². The minimum Gasteiger partial charge on any atom is -0.480 e. The number of carbonyl (C=O) groups is 1. The van der Waals surface area contributed by atoms with Gasteiger partial charge in [0.15, 0.2) is 0 Å². The molecule has 0 aliphatic rings. The third-order valence-electron chi connectivity index (χ3n) is 3.17. The fourth-order valence-electron chi connectivity index (χ4n) is 1.98. The highest BCUT2D eigenvalue weighted by molar-refractivity contribution is 5.85. The van der Waals surface area contributed by atoms with Gasteiger partial charge in [0, 0.05) is 18.9 Å². The van der Waals surface area contributed by atoms with Crippen molar-refractivity contribution >= 4 is 16.9 Å². The molecule has 1 aromatic heterocycles. The zero-order valence-electron chi connectivity index (χ0n) is 10.5. The number of nitrogens with two attached hydrogens (primary N) is 1. The number of benzene rings is 1. The Balaban J connectivity index is 2.53. The Morgan fingerprint density at radius 3 is 2.55 bits per heavy atom. The molecule has 2 rings (SSSR count). The van der Waals surface area contributed by atoms with Crippen molar-refractivity contribution in [2.24, 2.45) is 12.8 Å². The second-order valence-electron chi connectivity index (χ2n) is 4.54. The molecule has 0 spiro atoms. The first-order chi connectivity index (χ1) is 9.17. The highest BCUT2D eigenvalue weighted by Gasteiger charge is 2.58. The van der Waals surface area contributed by atoms with Gasteiger partial charge < -0.3 is 10.8 Å². The predicted octanol–water partition coefficient (Wildman–Crippen LogP) is 1.46. The van der Waals surface area contributed by atoms with Crippen molar-refractivity contribution in [2.45, 2.75) is 18.1 Å². The van der Waals surface area contributed by atoms with E-state index < -0.39 is 24.1 Å². The molecule has 5 nitrogen and oxygen atoms in total. The van der Waals surface area contributed by atoms with Crippen LogP contribution in [0.3, 0.4) is 0 Å². The fraction of sp³-hybridized carbons (Fsp3) is 0.333. The molecule has 108 valence electrons. The molecule has 0 bridgehead atoms. The van der Waals surface area contributed by atoms with Crippen LogP contribution in [0, 0.1) is 0 Å². The van der Waals surface area contributed by atoms with Crippen molar-refractivity contribution < 1.29 is 23.1 Å². The van der Waals surface area contributed by atoms with Crippen molar-refractivity contribution in [1.29, 1.82) is 0 Å². The average molecular weight is 287 g/mol. The Bertz CT molecular complexity index is 666. The van der Waals surface area contributed by atoms with Gasteiger partial charge in [-0.1, -0.05) is 18.2 Å². The van der Waals surface area contributed by atoms with Crippen LogP contribution in [0.2, 0.25) is 0 Å². The number of aromatic nitrogens is 2. The van der Waals surface area contributed by atoms with Gasteiger partial charge in [-0.05, 0) is 6.07 Å². The molecule has 0 amide bonds. The summed E-state index contributed by atoms with van der Waals surface area (Å²) in [4.78, 5) is 10.9. The summed E-state index contributed by atoms with van der Waals surface area (Å²) in [6, 6.07) is 6.61. The number of fused-ring (bicyclic) bond motifs is 1. The van der Waals surface area contributed by atoms with Crippen LogP contribution in [-0.2, 0) is 18.3 Å². The van der Waals surface area contributed by atoms with Gasteiger partial charge >= 0.3 is 12.1 Å². The number of rotatable bonds is 3. The Morgan fingerprint density at radius 1 is 1.40 bits per heavy atom. The first-order valence-corrected chi connectivity index (χ1v) is 5.66. The third-order valence-corrected chi connectivity index (χ3v) is 3.17. The lowest BCUT2D eigenvalue weighted by Gasteiger charge is -2.26. The van der Waals surface area contributed by atoms with Crippen molar-refractivity contribution in [2.75, 3.05) is 0 Å². The first-order valence-electron chi connectivity index (χ1n) is 5.66. The van der Waals surface area contributed by atoms with Crippen LogP contribution in [0.5, 0.6) is 0 Å². The van der Waals surface area contributed by atoms with E-state index in [0.29, 0.717) is 10.9 Å². The van der Waals surface area contributed by atoms with Crippen LogP contribution in [0.1, 0.15) is 5.69 Å². The summed E-state index contributed by atoms with van der Waals surface area (Å²) in [5.74, 6) is -2.13. The Labute approximate surface area is 111 Å². The molecule has 1 aromatic carbocycles. The van der Waals surface area contributed by atoms with Crippen LogP contribution in [0.15, 0.2) is 24.3 Å². The molecule has 0 saturated heterocycles. The van der Waals surface area contributed by atoms with Crippen molar-refractivity contribution in [3.63, 3.8) is 0 Å². The van der Waals surface area contributed by atoms with E-state index in [4.69, 9.17) is 10.8 Å². The number of hydrogen-bond donors (Lipinski definition) is 2. The number of halogens is 3. The number of aryl methyl sites for hydroxylation is 1. The van der Waals surface area contributed by atoms with Gasteiger partial charge in [0.05, 0.1) is 11.2 Å². The normalized spacial score (nSPS) is 15.2. The summed E-state index contributed by atoms with van der Waals surface area (Å²) in [5.41, 5.74) is 2.33. The van der Waals surface area contributed by atoms with E-state index in [2.05, 4.69) is 5.10 Å². The van der Waals surface area contributed by atoms with Gasteiger partial charge in [0.1, 0.15) is 0 Å². The minimum atomic E-state index is -5.07. The largest absolute Gasteiger partial charge is 0.480 e. The lowest BCUT2D eigenvalue weighted by Crippen LogP contribution is -2.61. The number of carboxylic acids is 1. The number of hydrogen-bond acceptors (Lipinski definition) is 3. The van der Waals surface area contributed by atoms with Gasteiger partial charge in [-0.3, -0.25) is 4.68 Å². The maximum Gasteiger partial charge on any atom is 0.417 e. The Morgan fingerprint density at radius 2 is 2.00 bits per heavy atom. The van der Waals surface area contributed by atoms with E-state index >= 15 is 0 Å². The summed E-state index contributed by atoms with van der Waals surface area (Å²) in [7, 11) is 1.57. The first kappa shape index (κ1) is 14.3. The van der Waals surface area contributed by atoms with Crippen LogP contribution in [0.4, 0.5) is 13.2 Å². The molecular weight excluding hydrogens is 275 g/mol. The van der Waals surface area contributed by atoms with Crippen LogP contribution < -0.4 is 5.73 Å². The molecule has 0 aliphatic heterocycles. The van der Waals surface area contributed by atoms with E-state index in [0.717, 1.165) is 0 Å². The number of aliphatic carboxylic acids is 1. The zero-order valence-corrected chi connectivity index (χ0v) is 10.5. The lowest BCUT2D eigenvalue weighted by atomic mass is 9.93. The molecular formula is C12H12F3N3O2. The summed E-state index contributed by atoms with van der Waals surface area (Å²) in [5, 5.41) is 13.2. The summed E-state index contributed by atoms with van der Waals surface area (Å²) in [6.45, 7) is 0. The Kier molecular flexibility index (Phi) is 3.21. The molecule has 1 unspecified atom stereocenters. The minimum absolute atomic E-state index is 0.00493. The van der Waals surface area contributed by atoms with Crippen molar-refractivity contribution in [3.8, 4) is 0 Å². The number of para-hydroxylation sites is 1. The number of carboxylic acid groups (broad SMARTS) is 1. The van der Waals surface area contributed by atoms with Gasteiger partial charge in [-0.15, -0.1) is 0 Å². The van der Waals surface area contributed by atoms with E-state index in [1.54, 1.807) is 31.3 Å². The lowest BCUT2D eigenvalue weighted by molar-refractivity contribution is -0.201. The standard InChI is InChI=1S/C12H12F3N3O2/c1-18-9-5-3-2-4-7(9)8(17-18)6-11(16,10(19)20)12(13,14)15/h2-5H,6,16H2,1H3,(H,19,20). The van der Waals surface area contributed by atoms with Crippen LogP contribution >= 0.6 is 0 Å². The van der Waals surface area contributed by atoms with Crippen LogP contribution in [0.25, 0.3) is 10.9 Å². The van der Waals surface area contributed by atoms with Crippen molar-refractivity contribution in [1.82, 2.24) is 9.78 Å². The maximum absolute atomic E-state index is 12.9. The van der Waals surface area contributed by atoms with Crippen molar-refractivity contribution in [3.05, 3.63) is 30.0 Å². The van der Waals surface area contributed by atoms with Gasteiger partial charge in [0.25, 0.3) is 0 Å². The zero-order chi connectivity index (χ0) is 15.1. The molecule has 0 radical (unpaired) electrons.